The van der Waals surface area contributed by atoms with Gasteiger partial charge in [-0.3, -0.25) is 0 Å². The Bertz CT molecular complexity index is 1190. The van der Waals surface area contributed by atoms with Crippen LogP contribution in [0.15, 0.2) is 70.4 Å². The van der Waals surface area contributed by atoms with Crippen molar-refractivity contribution < 1.29 is 29.0 Å². The maximum absolute atomic E-state index is 12.5. The molecule has 2 amide bonds. The second-order valence-electron chi connectivity index (χ2n) is 8.86. The van der Waals surface area contributed by atoms with Crippen LogP contribution in [0.5, 0.6) is 5.75 Å². The van der Waals surface area contributed by atoms with Gasteiger partial charge in [-0.25, -0.2) is 14.6 Å². The van der Waals surface area contributed by atoms with E-state index >= 15 is 0 Å². The predicted molar refractivity (Wildman–Crippen MR) is 135 cm³/mol. The van der Waals surface area contributed by atoms with Gasteiger partial charge in [0.1, 0.15) is 17.6 Å². The number of ether oxygens (including phenoxy) is 2. The molecule has 0 saturated carbocycles. The molecule has 1 N–H and O–H groups in total. The Morgan fingerprint density at radius 3 is 2.34 bits per heavy atom. The summed E-state index contributed by atoms with van der Waals surface area (Å²) in [5.41, 5.74) is 0.128. The van der Waals surface area contributed by atoms with Crippen LogP contribution in [-0.4, -0.2) is 53.2 Å². The summed E-state index contributed by atoms with van der Waals surface area (Å²) < 4.78 is 10.7. The minimum absolute atomic E-state index is 0.202. The number of amides is 2. The number of esters is 1. The van der Waals surface area contributed by atoms with Gasteiger partial charge >= 0.3 is 18.2 Å². The summed E-state index contributed by atoms with van der Waals surface area (Å²) in [5.74, 6) is 0.0519. The average Bonchev–Trinajstić information content (AvgIpc) is 3.22. The number of carboxylic acid groups (broad SMARTS) is 1. The lowest BCUT2D eigenvalue weighted by atomic mass is 10.2. The second-order valence-corrected chi connectivity index (χ2v) is 9.72. The number of amidine groups is 1. The van der Waals surface area contributed by atoms with Crippen molar-refractivity contribution in [2.45, 2.75) is 32.8 Å². The van der Waals surface area contributed by atoms with E-state index in [4.69, 9.17) is 9.47 Å². The van der Waals surface area contributed by atoms with Gasteiger partial charge in [-0.2, -0.15) is 4.79 Å². The van der Waals surface area contributed by atoms with Crippen molar-refractivity contribution in [3.05, 3.63) is 71.0 Å². The highest BCUT2D eigenvalue weighted by atomic mass is 79.9. The number of carbonyl (C=O) groups excluding carboxylic acids is 2. The fraction of sp³-hybridized carbons (Fsp3) is 0.280. The lowest BCUT2D eigenvalue weighted by Crippen LogP contribution is -2.52. The van der Waals surface area contributed by atoms with Crippen LogP contribution in [0.1, 0.15) is 37.6 Å². The van der Waals surface area contributed by atoms with Gasteiger partial charge in [0, 0.05) is 30.2 Å². The zero-order valence-electron chi connectivity index (χ0n) is 19.9. The van der Waals surface area contributed by atoms with E-state index in [9.17, 15) is 19.5 Å². The molecule has 2 aromatic rings. The van der Waals surface area contributed by atoms with Gasteiger partial charge in [0.25, 0.3) is 0 Å². The summed E-state index contributed by atoms with van der Waals surface area (Å²) >= 11 is 3.32. The lowest BCUT2D eigenvalue weighted by Gasteiger charge is -2.28. The number of aliphatic imine (C=N–C) groups is 1. The topological polar surface area (TPSA) is 106 Å². The predicted octanol–water partition coefficient (Wildman–Crippen LogP) is 5.79. The number of carbonyl (C=O) groups is 3. The number of hydrogen-bond acceptors (Lipinski definition) is 6. The van der Waals surface area contributed by atoms with Crippen molar-refractivity contribution >= 4 is 45.6 Å². The van der Waals surface area contributed by atoms with Crippen LogP contribution in [0.4, 0.5) is 15.3 Å². The second kappa shape index (κ2) is 10.4. The Hall–Kier alpha value is -3.50. The van der Waals surface area contributed by atoms with Crippen LogP contribution in [0.2, 0.25) is 0 Å². The molecule has 0 fully saturated rings. The first kappa shape index (κ1) is 26.1. The monoisotopic (exact) mass is 544 g/mol. The number of benzene rings is 2. The van der Waals surface area contributed by atoms with Gasteiger partial charge in [0.2, 0.25) is 5.84 Å². The van der Waals surface area contributed by atoms with Crippen LogP contribution in [0, 0.1) is 0 Å². The molecule has 0 aliphatic carbocycles. The largest absolute Gasteiger partial charge is 0.529 e. The Balaban J connectivity index is 1.75. The zero-order valence-corrected chi connectivity index (χ0v) is 21.5. The van der Waals surface area contributed by atoms with E-state index in [1.165, 1.54) is 29.4 Å². The first-order valence-corrected chi connectivity index (χ1v) is 11.6. The molecule has 0 spiro atoms. The maximum Gasteiger partial charge on any atom is 0.529 e. The quantitative estimate of drug-likeness (QED) is 0.280. The smallest absolute Gasteiger partial charge is 0.444 e. The van der Waals surface area contributed by atoms with E-state index in [1.54, 1.807) is 64.2 Å². The van der Waals surface area contributed by atoms with Gasteiger partial charge in [-0.1, -0.05) is 12.1 Å². The average molecular weight is 545 g/mol. The summed E-state index contributed by atoms with van der Waals surface area (Å²) in [5, 5.41) is 10.2. The highest BCUT2D eigenvalue weighted by molar-refractivity contribution is 9.10. The van der Waals surface area contributed by atoms with E-state index in [2.05, 4.69) is 20.9 Å². The first-order valence-electron chi connectivity index (χ1n) is 10.8. The molecule has 0 bridgehead atoms. The Kier molecular flexibility index (Phi) is 7.76. The summed E-state index contributed by atoms with van der Waals surface area (Å²) in [6.07, 6.45) is 1.42. The van der Waals surface area contributed by atoms with Gasteiger partial charge in [0.05, 0.1) is 18.2 Å². The van der Waals surface area contributed by atoms with Gasteiger partial charge in [-0.05, 0) is 61.0 Å². The summed E-state index contributed by atoms with van der Waals surface area (Å²) in [7, 11) is 1.58. The number of quaternary nitrogens is 1. The molecule has 1 unspecified atom stereocenters. The van der Waals surface area contributed by atoms with E-state index < -0.39 is 28.2 Å². The van der Waals surface area contributed by atoms with E-state index in [-0.39, 0.29) is 18.7 Å². The molecule has 0 aromatic heterocycles. The van der Waals surface area contributed by atoms with Crippen LogP contribution < -0.4 is 9.22 Å². The SMILES string of the molecule is CN(CCC1=NC=C[N+]1(C(=O)O)c1ccc(OC(=O)c2ccccc2Br)cc1)C(=O)OC(C)(C)C. The molecule has 10 heteroatoms. The van der Waals surface area contributed by atoms with Gasteiger partial charge in [-0.15, -0.1) is 4.48 Å². The number of nitrogens with zero attached hydrogens (tertiary/aromatic N) is 3. The molecule has 35 heavy (non-hydrogen) atoms. The van der Waals surface area contributed by atoms with Crippen LogP contribution in [0.3, 0.4) is 0 Å². The third kappa shape index (κ3) is 5.95. The zero-order chi connectivity index (χ0) is 25.8. The van der Waals surface area contributed by atoms with Crippen molar-refractivity contribution in [1.82, 2.24) is 9.38 Å². The molecule has 1 aliphatic heterocycles. The molecule has 184 valence electrons. The Labute approximate surface area is 212 Å². The third-order valence-corrected chi connectivity index (χ3v) is 5.84. The van der Waals surface area contributed by atoms with Crippen LogP contribution in [0.25, 0.3) is 0 Å². The lowest BCUT2D eigenvalue weighted by molar-refractivity contribution is 0.0302. The molecule has 1 aliphatic rings. The fourth-order valence-corrected chi connectivity index (χ4v) is 3.84. The van der Waals surface area contributed by atoms with Crippen molar-refractivity contribution in [2.24, 2.45) is 4.99 Å². The third-order valence-electron chi connectivity index (χ3n) is 5.15. The van der Waals surface area contributed by atoms with Crippen molar-refractivity contribution in [1.29, 1.82) is 0 Å². The molecule has 9 nitrogen and oxygen atoms in total. The normalized spacial score (nSPS) is 17.0. The van der Waals surface area contributed by atoms with Crippen molar-refractivity contribution in [3.8, 4) is 5.75 Å². The first-order chi connectivity index (χ1) is 16.4. The fourth-order valence-electron chi connectivity index (χ4n) is 3.39. The van der Waals surface area contributed by atoms with E-state index in [0.717, 1.165) is 0 Å². The Morgan fingerprint density at radius 2 is 1.74 bits per heavy atom. The highest BCUT2D eigenvalue weighted by Crippen LogP contribution is 2.32. The van der Waals surface area contributed by atoms with Crippen molar-refractivity contribution in [3.63, 3.8) is 0 Å². The molecule has 0 saturated heterocycles. The highest BCUT2D eigenvalue weighted by Gasteiger charge is 2.46. The number of hydrogen-bond donors (Lipinski definition) is 1. The minimum Gasteiger partial charge on any atom is -0.444 e. The molecule has 2 aromatic carbocycles. The molecular weight excluding hydrogens is 518 g/mol. The molecule has 1 heterocycles. The maximum atomic E-state index is 12.5. The summed E-state index contributed by atoms with van der Waals surface area (Å²) in [6.45, 7) is 5.53. The number of halogens is 1. The Morgan fingerprint density at radius 1 is 1.09 bits per heavy atom. The van der Waals surface area contributed by atoms with Crippen LogP contribution >= 0.6 is 15.9 Å². The number of rotatable bonds is 6. The van der Waals surface area contributed by atoms with Crippen molar-refractivity contribution in [2.75, 3.05) is 13.6 Å². The molecule has 1 atom stereocenters. The molecule has 0 radical (unpaired) electrons. The van der Waals surface area contributed by atoms with E-state index in [0.29, 0.717) is 21.6 Å². The van der Waals surface area contributed by atoms with Crippen LogP contribution in [-0.2, 0) is 4.74 Å². The molecular formula is C25H27BrN3O6+. The standard InChI is InChI=1S/C25H26BrN3O6/c1-25(2,3)35-23(31)28(4)15-13-21-27-14-16-29(21,24(32)33)17-9-11-18(12-10-17)34-22(30)19-7-5-6-8-20(19)26/h5-12,14,16H,13,15H2,1-4H3/p+1. The van der Waals surface area contributed by atoms with E-state index in [1.807, 2.05) is 0 Å². The summed E-state index contributed by atoms with van der Waals surface area (Å²) in [4.78, 5) is 42.8. The summed E-state index contributed by atoms with van der Waals surface area (Å²) in [6, 6.07) is 13.1. The van der Waals surface area contributed by atoms with Gasteiger partial charge < -0.3 is 19.5 Å². The van der Waals surface area contributed by atoms with Gasteiger partial charge in [0.15, 0.2) is 5.69 Å². The molecule has 3 rings (SSSR count). The minimum atomic E-state index is -1.16.